The third-order valence-electron chi connectivity index (χ3n) is 1.41. The minimum atomic E-state index is -0.673. The number of aromatic hydroxyl groups is 2. The molecule has 1 aromatic rings. The Bertz CT molecular complexity index is 235. The first-order chi connectivity index (χ1) is 5.09. The number of phenols is 2. The van der Waals surface area contributed by atoms with E-state index < -0.39 is 6.10 Å². The highest BCUT2D eigenvalue weighted by Crippen LogP contribution is 2.24. The number of phenolic OH excluding ortho intramolecular Hbond substituents is 2. The zero-order valence-corrected chi connectivity index (χ0v) is 6.15. The molecular formula is C8H10O3. The monoisotopic (exact) mass is 154 g/mol. The molecule has 1 atom stereocenters. The van der Waals surface area contributed by atoms with E-state index in [9.17, 15) is 0 Å². The number of hydrogen-bond acceptors (Lipinski definition) is 3. The van der Waals surface area contributed by atoms with Crippen molar-refractivity contribution < 1.29 is 15.3 Å². The Morgan fingerprint density at radius 2 is 1.55 bits per heavy atom. The summed E-state index contributed by atoms with van der Waals surface area (Å²) in [6, 6.07) is 4.03. The molecular weight excluding hydrogens is 144 g/mol. The van der Waals surface area contributed by atoms with E-state index in [1.165, 1.54) is 18.2 Å². The highest BCUT2D eigenvalue weighted by Gasteiger charge is 2.03. The van der Waals surface area contributed by atoms with Gasteiger partial charge in [0.15, 0.2) is 0 Å². The third kappa shape index (κ3) is 1.85. The molecule has 3 heteroatoms. The molecule has 0 fully saturated rings. The lowest BCUT2D eigenvalue weighted by Gasteiger charge is -2.04. The minimum absolute atomic E-state index is 0.0408. The molecule has 11 heavy (non-hydrogen) atoms. The van der Waals surface area contributed by atoms with Crippen LogP contribution in [0.25, 0.3) is 0 Å². The second-order valence-corrected chi connectivity index (χ2v) is 2.46. The van der Waals surface area contributed by atoms with E-state index in [1.807, 2.05) is 0 Å². The number of aliphatic hydroxyl groups is 1. The molecule has 0 bridgehead atoms. The second-order valence-electron chi connectivity index (χ2n) is 2.46. The predicted octanol–water partition coefficient (Wildman–Crippen LogP) is 1.15. The number of rotatable bonds is 1. The molecule has 0 spiro atoms. The summed E-state index contributed by atoms with van der Waals surface area (Å²) in [4.78, 5) is 0. The molecule has 3 nitrogen and oxygen atoms in total. The van der Waals surface area contributed by atoms with Gasteiger partial charge in [-0.1, -0.05) is 0 Å². The Morgan fingerprint density at radius 3 is 1.91 bits per heavy atom. The summed E-state index contributed by atoms with van der Waals surface area (Å²) in [6.07, 6.45) is -0.673. The first kappa shape index (κ1) is 7.88. The van der Waals surface area contributed by atoms with Crippen molar-refractivity contribution in [3.05, 3.63) is 23.8 Å². The van der Waals surface area contributed by atoms with Crippen molar-refractivity contribution in [2.75, 3.05) is 0 Å². The number of benzene rings is 1. The molecule has 0 saturated carbocycles. The molecule has 1 rings (SSSR count). The Kier molecular flexibility index (Phi) is 2.01. The van der Waals surface area contributed by atoms with Gasteiger partial charge in [-0.05, 0) is 24.6 Å². The predicted molar refractivity (Wildman–Crippen MR) is 40.4 cm³/mol. The van der Waals surface area contributed by atoms with E-state index in [-0.39, 0.29) is 11.5 Å². The lowest BCUT2D eigenvalue weighted by atomic mass is 10.1. The van der Waals surface area contributed by atoms with Gasteiger partial charge in [0.1, 0.15) is 11.5 Å². The van der Waals surface area contributed by atoms with Gasteiger partial charge in [-0.2, -0.15) is 0 Å². The van der Waals surface area contributed by atoms with Gasteiger partial charge in [0, 0.05) is 6.07 Å². The summed E-state index contributed by atoms with van der Waals surface area (Å²) >= 11 is 0. The molecule has 0 amide bonds. The molecule has 0 aliphatic heterocycles. The van der Waals surface area contributed by atoms with Crippen molar-refractivity contribution in [2.24, 2.45) is 0 Å². The van der Waals surface area contributed by atoms with Crippen LogP contribution in [0.4, 0.5) is 0 Å². The largest absolute Gasteiger partial charge is 0.508 e. The Labute approximate surface area is 64.5 Å². The fraction of sp³-hybridized carbons (Fsp3) is 0.250. The third-order valence-corrected chi connectivity index (χ3v) is 1.41. The molecule has 1 unspecified atom stereocenters. The maximum absolute atomic E-state index is 9.05. The Hall–Kier alpha value is -1.22. The minimum Gasteiger partial charge on any atom is -0.508 e. The highest BCUT2D eigenvalue weighted by molar-refractivity contribution is 5.37. The van der Waals surface area contributed by atoms with Gasteiger partial charge >= 0.3 is 0 Å². The molecule has 3 N–H and O–H groups in total. The molecule has 0 saturated heterocycles. The first-order valence-corrected chi connectivity index (χ1v) is 3.30. The summed E-state index contributed by atoms with van der Waals surface area (Å²) in [5, 5.41) is 27.0. The SMILES string of the molecule is CC(O)c1cc(O)cc(O)c1. The van der Waals surface area contributed by atoms with Crippen LogP contribution in [0.5, 0.6) is 11.5 Å². The highest BCUT2D eigenvalue weighted by atomic mass is 16.3. The molecule has 0 aromatic heterocycles. The number of hydrogen-bond donors (Lipinski definition) is 3. The van der Waals surface area contributed by atoms with E-state index in [0.29, 0.717) is 5.56 Å². The van der Waals surface area contributed by atoms with Gasteiger partial charge in [-0.25, -0.2) is 0 Å². The van der Waals surface area contributed by atoms with Crippen molar-refractivity contribution in [3.63, 3.8) is 0 Å². The fourth-order valence-electron chi connectivity index (χ4n) is 0.859. The summed E-state index contributed by atoms with van der Waals surface area (Å²) < 4.78 is 0. The van der Waals surface area contributed by atoms with Crippen molar-refractivity contribution >= 4 is 0 Å². The molecule has 0 aliphatic rings. The topological polar surface area (TPSA) is 60.7 Å². The van der Waals surface area contributed by atoms with Gasteiger partial charge in [0.25, 0.3) is 0 Å². The van der Waals surface area contributed by atoms with Gasteiger partial charge in [-0.3, -0.25) is 0 Å². The second kappa shape index (κ2) is 2.80. The zero-order chi connectivity index (χ0) is 8.43. The van der Waals surface area contributed by atoms with Crippen LogP contribution in [0.3, 0.4) is 0 Å². The number of aliphatic hydroxyl groups excluding tert-OH is 1. The zero-order valence-electron chi connectivity index (χ0n) is 6.15. The van der Waals surface area contributed by atoms with Gasteiger partial charge in [0.05, 0.1) is 6.10 Å². The van der Waals surface area contributed by atoms with Gasteiger partial charge in [0.2, 0.25) is 0 Å². The molecule has 0 aliphatic carbocycles. The average molecular weight is 154 g/mol. The van der Waals surface area contributed by atoms with Crippen LogP contribution >= 0.6 is 0 Å². The quantitative estimate of drug-likeness (QED) is 0.568. The van der Waals surface area contributed by atoms with E-state index in [0.717, 1.165) is 0 Å². The van der Waals surface area contributed by atoms with Crippen LogP contribution in [0.15, 0.2) is 18.2 Å². The smallest absolute Gasteiger partial charge is 0.119 e. The molecule has 1 aromatic carbocycles. The maximum Gasteiger partial charge on any atom is 0.119 e. The average Bonchev–Trinajstić information content (AvgIpc) is 1.85. The van der Waals surface area contributed by atoms with Crippen molar-refractivity contribution in [1.82, 2.24) is 0 Å². The molecule has 60 valence electrons. The van der Waals surface area contributed by atoms with Crippen molar-refractivity contribution in [3.8, 4) is 11.5 Å². The lowest BCUT2D eigenvalue weighted by molar-refractivity contribution is 0.198. The fourth-order valence-corrected chi connectivity index (χ4v) is 0.859. The Morgan fingerprint density at radius 1 is 1.09 bits per heavy atom. The summed E-state index contributed by atoms with van der Waals surface area (Å²) in [7, 11) is 0. The Balaban J connectivity index is 3.08. The van der Waals surface area contributed by atoms with Crippen molar-refractivity contribution in [1.29, 1.82) is 0 Å². The van der Waals surface area contributed by atoms with Crippen LogP contribution in [0.2, 0.25) is 0 Å². The standard InChI is InChI=1S/C8H10O3/c1-5(9)6-2-7(10)4-8(11)3-6/h2-5,9-11H,1H3. The summed E-state index contributed by atoms with van der Waals surface area (Å²) in [5.74, 6) is -0.0817. The summed E-state index contributed by atoms with van der Waals surface area (Å²) in [5.41, 5.74) is 0.502. The van der Waals surface area contributed by atoms with Crippen LogP contribution in [-0.4, -0.2) is 15.3 Å². The van der Waals surface area contributed by atoms with Gasteiger partial charge < -0.3 is 15.3 Å². The van der Waals surface area contributed by atoms with E-state index in [2.05, 4.69) is 0 Å². The maximum atomic E-state index is 9.05. The van der Waals surface area contributed by atoms with Crippen LogP contribution < -0.4 is 0 Å². The van der Waals surface area contributed by atoms with Crippen LogP contribution in [0, 0.1) is 0 Å². The van der Waals surface area contributed by atoms with Crippen LogP contribution in [0.1, 0.15) is 18.6 Å². The summed E-state index contributed by atoms with van der Waals surface area (Å²) in [6.45, 7) is 1.56. The van der Waals surface area contributed by atoms with Crippen LogP contribution in [-0.2, 0) is 0 Å². The molecule has 0 heterocycles. The normalized spacial score (nSPS) is 12.9. The molecule has 0 radical (unpaired) electrons. The van der Waals surface area contributed by atoms with Gasteiger partial charge in [-0.15, -0.1) is 0 Å². The van der Waals surface area contributed by atoms with E-state index in [4.69, 9.17) is 15.3 Å². The lowest BCUT2D eigenvalue weighted by Crippen LogP contribution is -1.89. The first-order valence-electron chi connectivity index (χ1n) is 3.30. The van der Waals surface area contributed by atoms with Crippen molar-refractivity contribution in [2.45, 2.75) is 13.0 Å². The van der Waals surface area contributed by atoms with E-state index >= 15 is 0 Å². The van der Waals surface area contributed by atoms with E-state index in [1.54, 1.807) is 6.92 Å².